The highest BCUT2D eigenvalue weighted by molar-refractivity contribution is 5.97. The molecule has 5 heteroatoms. The quantitative estimate of drug-likeness (QED) is 0.844. The van der Waals surface area contributed by atoms with Crippen LogP contribution < -0.4 is 10.1 Å². The molecule has 1 saturated carbocycles. The predicted molar refractivity (Wildman–Crippen MR) is 93.6 cm³/mol. The van der Waals surface area contributed by atoms with E-state index < -0.39 is 17.9 Å². The minimum absolute atomic E-state index is 0.203. The number of hydrogen-bond acceptors (Lipinski definition) is 3. The van der Waals surface area contributed by atoms with Crippen LogP contribution >= 0.6 is 0 Å². The van der Waals surface area contributed by atoms with E-state index in [-0.39, 0.29) is 6.10 Å². The molecule has 2 N–H and O–H groups in total. The maximum atomic E-state index is 12.5. The number of carboxylic acid groups (broad SMARTS) is 1. The lowest BCUT2D eigenvalue weighted by Gasteiger charge is -2.16. The largest absolute Gasteiger partial charge is 0.490 e. The number of ether oxygens (including phenoxy) is 1. The van der Waals surface area contributed by atoms with Crippen molar-refractivity contribution in [2.75, 3.05) is 0 Å². The smallest absolute Gasteiger partial charge is 0.330 e. The maximum Gasteiger partial charge on any atom is 0.330 e. The average molecular weight is 339 g/mol. The number of carbonyl (C=O) groups is 2. The Kier molecular flexibility index (Phi) is 5.33. The van der Waals surface area contributed by atoms with Crippen LogP contribution in [0.4, 0.5) is 0 Å². The molecular formula is C20H21NO4. The molecular weight excluding hydrogens is 318 g/mol. The van der Waals surface area contributed by atoms with Crippen molar-refractivity contribution in [1.82, 2.24) is 5.32 Å². The highest BCUT2D eigenvalue weighted by atomic mass is 16.5. The summed E-state index contributed by atoms with van der Waals surface area (Å²) < 4.78 is 5.91. The summed E-state index contributed by atoms with van der Waals surface area (Å²) in [4.78, 5) is 24.0. The molecule has 0 unspecified atom stereocenters. The van der Waals surface area contributed by atoms with E-state index in [0.29, 0.717) is 16.9 Å². The van der Waals surface area contributed by atoms with Gasteiger partial charge in [0, 0.05) is 5.56 Å². The molecule has 0 spiro atoms. The van der Waals surface area contributed by atoms with E-state index in [1.807, 2.05) is 6.07 Å². The van der Waals surface area contributed by atoms with Crippen molar-refractivity contribution in [2.24, 2.45) is 0 Å². The van der Waals surface area contributed by atoms with Gasteiger partial charge in [0.05, 0.1) is 6.10 Å². The van der Waals surface area contributed by atoms with E-state index in [0.717, 1.165) is 12.8 Å². The van der Waals surface area contributed by atoms with Crippen LogP contribution in [0.15, 0.2) is 54.6 Å². The minimum Gasteiger partial charge on any atom is -0.490 e. The summed E-state index contributed by atoms with van der Waals surface area (Å²) in [6.45, 7) is 0. The number of amides is 1. The molecule has 0 aromatic heterocycles. The molecule has 5 nitrogen and oxygen atoms in total. The second kappa shape index (κ2) is 7.83. The summed E-state index contributed by atoms with van der Waals surface area (Å²) in [5.74, 6) is -0.892. The molecule has 1 atom stereocenters. The van der Waals surface area contributed by atoms with E-state index in [2.05, 4.69) is 5.32 Å². The number of nitrogens with one attached hydrogen (secondary N) is 1. The van der Waals surface area contributed by atoms with Crippen molar-refractivity contribution in [1.29, 1.82) is 0 Å². The van der Waals surface area contributed by atoms with Crippen LogP contribution in [-0.2, 0) is 4.79 Å². The molecule has 1 aliphatic carbocycles. The van der Waals surface area contributed by atoms with Gasteiger partial charge in [-0.2, -0.15) is 0 Å². The zero-order valence-corrected chi connectivity index (χ0v) is 13.9. The fraction of sp³-hybridized carbons (Fsp3) is 0.300. The van der Waals surface area contributed by atoms with Crippen LogP contribution in [0.3, 0.4) is 0 Å². The summed E-state index contributed by atoms with van der Waals surface area (Å²) in [6, 6.07) is 14.4. The van der Waals surface area contributed by atoms with Gasteiger partial charge >= 0.3 is 5.97 Å². The number of aliphatic carboxylic acids is 1. The monoisotopic (exact) mass is 339 g/mol. The topological polar surface area (TPSA) is 75.6 Å². The van der Waals surface area contributed by atoms with Gasteiger partial charge in [0.1, 0.15) is 5.75 Å². The number of hydrogen-bond donors (Lipinski definition) is 2. The fourth-order valence-corrected chi connectivity index (χ4v) is 3.06. The molecule has 1 aliphatic rings. The summed E-state index contributed by atoms with van der Waals surface area (Å²) in [7, 11) is 0. The lowest BCUT2D eigenvalue weighted by molar-refractivity contribution is -0.139. The Morgan fingerprint density at radius 2 is 1.76 bits per heavy atom. The van der Waals surface area contributed by atoms with E-state index in [1.165, 1.54) is 12.8 Å². The van der Waals surface area contributed by atoms with Gasteiger partial charge in [0.2, 0.25) is 0 Å². The van der Waals surface area contributed by atoms with Gasteiger partial charge in [0.15, 0.2) is 6.04 Å². The van der Waals surface area contributed by atoms with E-state index in [9.17, 15) is 14.7 Å². The van der Waals surface area contributed by atoms with Gasteiger partial charge in [-0.05, 0) is 49.4 Å². The number of carboxylic acids is 1. The molecule has 3 rings (SSSR count). The number of rotatable bonds is 6. The van der Waals surface area contributed by atoms with Crippen molar-refractivity contribution >= 4 is 11.9 Å². The summed E-state index contributed by atoms with van der Waals surface area (Å²) in [6.07, 6.45) is 4.61. The molecule has 2 aromatic carbocycles. The van der Waals surface area contributed by atoms with Gasteiger partial charge in [-0.15, -0.1) is 0 Å². The summed E-state index contributed by atoms with van der Waals surface area (Å²) in [5.41, 5.74) is 0.916. The van der Waals surface area contributed by atoms with Crippen LogP contribution in [0.25, 0.3) is 0 Å². The minimum atomic E-state index is -1.10. The van der Waals surface area contributed by atoms with Gasteiger partial charge < -0.3 is 15.2 Å². The molecule has 0 bridgehead atoms. The SMILES string of the molecule is O=C(N[C@H](C(=O)O)c1ccccc1)c1cccc(OC2CCCC2)c1. The van der Waals surface area contributed by atoms with Gasteiger partial charge in [-0.1, -0.05) is 36.4 Å². The Bertz CT molecular complexity index is 738. The van der Waals surface area contributed by atoms with Crippen LogP contribution in [-0.4, -0.2) is 23.1 Å². The molecule has 130 valence electrons. The van der Waals surface area contributed by atoms with Crippen LogP contribution in [0, 0.1) is 0 Å². The standard InChI is InChI=1S/C20H21NO4/c22-19(21-18(20(23)24)14-7-2-1-3-8-14)15-9-6-12-17(13-15)25-16-10-4-5-11-16/h1-3,6-9,12-13,16,18H,4-5,10-11H2,(H,21,22)(H,23,24)/t18-/m0/s1. The lowest BCUT2D eigenvalue weighted by atomic mass is 10.1. The van der Waals surface area contributed by atoms with Crippen molar-refractivity contribution in [3.63, 3.8) is 0 Å². The molecule has 0 saturated heterocycles. The molecule has 2 aromatic rings. The van der Waals surface area contributed by atoms with Crippen molar-refractivity contribution < 1.29 is 19.4 Å². The second-order valence-electron chi connectivity index (χ2n) is 6.21. The Morgan fingerprint density at radius 1 is 1.04 bits per heavy atom. The van der Waals surface area contributed by atoms with Crippen molar-refractivity contribution in [2.45, 2.75) is 37.8 Å². The Morgan fingerprint density at radius 3 is 2.44 bits per heavy atom. The van der Waals surface area contributed by atoms with Gasteiger partial charge in [-0.25, -0.2) is 4.79 Å². The van der Waals surface area contributed by atoms with Crippen molar-refractivity contribution in [3.8, 4) is 5.75 Å². The number of carbonyl (C=O) groups excluding carboxylic acids is 1. The van der Waals surface area contributed by atoms with Crippen LogP contribution in [0.5, 0.6) is 5.75 Å². The van der Waals surface area contributed by atoms with Crippen LogP contribution in [0.2, 0.25) is 0 Å². The van der Waals surface area contributed by atoms with Gasteiger partial charge in [-0.3, -0.25) is 4.79 Å². The third-order valence-corrected chi connectivity index (χ3v) is 4.36. The molecule has 0 aliphatic heterocycles. The van der Waals surface area contributed by atoms with Crippen molar-refractivity contribution in [3.05, 3.63) is 65.7 Å². The van der Waals surface area contributed by atoms with E-state index in [4.69, 9.17) is 4.74 Å². The number of benzene rings is 2. The van der Waals surface area contributed by atoms with E-state index >= 15 is 0 Å². The van der Waals surface area contributed by atoms with Crippen LogP contribution in [0.1, 0.15) is 47.6 Å². The predicted octanol–water partition coefficient (Wildman–Crippen LogP) is 3.56. The molecule has 0 heterocycles. The second-order valence-corrected chi connectivity index (χ2v) is 6.21. The third kappa shape index (κ3) is 4.38. The Balaban J connectivity index is 1.72. The molecule has 1 amide bonds. The molecule has 1 fully saturated rings. The first-order chi connectivity index (χ1) is 12.1. The normalized spacial score (nSPS) is 15.5. The first kappa shape index (κ1) is 17.0. The molecule has 25 heavy (non-hydrogen) atoms. The zero-order valence-electron chi connectivity index (χ0n) is 13.9. The van der Waals surface area contributed by atoms with E-state index in [1.54, 1.807) is 48.5 Å². The highest BCUT2D eigenvalue weighted by Gasteiger charge is 2.23. The molecule has 0 radical (unpaired) electrons. The lowest BCUT2D eigenvalue weighted by Crippen LogP contribution is -2.33. The Hall–Kier alpha value is -2.82. The van der Waals surface area contributed by atoms with Gasteiger partial charge in [0.25, 0.3) is 5.91 Å². The maximum absolute atomic E-state index is 12.5. The Labute approximate surface area is 146 Å². The highest BCUT2D eigenvalue weighted by Crippen LogP contribution is 2.25. The fourth-order valence-electron chi connectivity index (χ4n) is 3.06. The third-order valence-electron chi connectivity index (χ3n) is 4.36. The first-order valence-corrected chi connectivity index (χ1v) is 8.49. The first-order valence-electron chi connectivity index (χ1n) is 8.49. The summed E-state index contributed by atoms with van der Waals surface area (Å²) in [5, 5.41) is 12.0. The average Bonchev–Trinajstić information content (AvgIpc) is 3.13. The summed E-state index contributed by atoms with van der Waals surface area (Å²) >= 11 is 0. The zero-order chi connectivity index (χ0) is 17.6.